The van der Waals surface area contributed by atoms with Crippen LogP contribution in [-0.4, -0.2) is 34.6 Å². The summed E-state index contributed by atoms with van der Waals surface area (Å²) in [6, 6.07) is 4.80. The number of thiazole rings is 1. The second-order valence-corrected chi connectivity index (χ2v) is 5.64. The van der Waals surface area contributed by atoms with E-state index in [0.717, 1.165) is 12.1 Å². The molecule has 1 aromatic carbocycles. The van der Waals surface area contributed by atoms with Crippen LogP contribution >= 0.6 is 11.3 Å². The van der Waals surface area contributed by atoms with E-state index in [1.54, 1.807) is 17.3 Å². The molecule has 0 saturated heterocycles. The van der Waals surface area contributed by atoms with Crippen molar-refractivity contribution in [3.05, 3.63) is 40.9 Å². The predicted molar refractivity (Wildman–Crippen MR) is 76.5 cm³/mol. The molecule has 4 nitrogen and oxygen atoms in total. The van der Waals surface area contributed by atoms with Gasteiger partial charge in [-0.25, -0.2) is 4.98 Å². The molecule has 118 valence electrons. The Hall–Kier alpha value is -1.93. The van der Waals surface area contributed by atoms with Gasteiger partial charge < -0.3 is 5.11 Å². The first-order valence-corrected chi connectivity index (χ1v) is 7.16. The van der Waals surface area contributed by atoms with Gasteiger partial charge in [-0.2, -0.15) is 13.2 Å². The van der Waals surface area contributed by atoms with Crippen molar-refractivity contribution < 1.29 is 23.1 Å². The molecule has 0 amide bonds. The maximum atomic E-state index is 12.5. The number of aliphatic carboxylic acids is 1. The van der Waals surface area contributed by atoms with Crippen LogP contribution in [0.25, 0.3) is 10.6 Å². The number of carbonyl (C=O) groups is 1. The number of alkyl halides is 3. The molecule has 0 bridgehead atoms. The van der Waals surface area contributed by atoms with Gasteiger partial charge in [-0.15, -0.1) is 11.3 Å². The minimum atomic E-state index is -4.36. The topological polar surface area (TPSA) is 53.4 Å². The molecule has 0 aliphatic carbocycles. The Bertz CT molecular complexity index is 653. The summed E-state index contributed by atoms with van der Waals surface area (Å²) in [5.41, 5.74) is 0.586. The molecular weight excluding hydrogens is 317 g/mol. The third kappa shape index (κ3) is 4.28. The smallest absolute Gasteiger partial charge is 0.416 e. The zero-order valence-corrected chi connectivity index (χ0v) is 12.4. The zero-order valence-electron chi connectivity index (χ0n) is 11.6. The number of nitrogens with zero attached hydrogens (tertiary/aromatic N) is 2. The molecule has 0 unspecified atom stereocenters. The van der Waals surface area contributed by atoms with Gasteiger partial charge in [0, 0.05) is 17.5 Å². The summed E-state index contributed by atoms with van der Waals surface area (Å²) in [6.07, 6.45) is -4.36. The number of benzene rings is 1. The number of likely N-dealkylation sites (N-methyl/N-ethyl adjacent to an activating group) is 1. The quantitative estimate of drug-likeness (QED) is 0.913. The fourth-order valence-electron chi connectivity index (χ4n) is 1.88. The molecule has 2 aromatic rings. The number of hydrogen-bond acceptors (Lipinski definition) is 4. The first-order valence-electron chi connectivity index (χ1n) is 6.28. The van der Waals surface area contributed by atoms with E-state index in [1.165, 1.54) is 23.5 Å². The summed E-state index contributed by atoms with van der Waals surface area (Å²) >= 11 is 1.31. The molecule has 0 aliphatic heterocycles. The highest BCUT2D eigenvalue weighted by Gasteiger charge is 2.30. The van der Waals surface area contributed by atoms with Crippen LogP contribution in [0, 0.1) is 0 Å². The second kappa shape index (κ2) is 6.45. The molecule has 0 fully saturated rings. The lowest BCUT2D eigenvalue weighted by Crippen LogP contribution is -2.25. The number of hydrogen-bond donors (Lipinski definition) is 1. The third-order valence-electron chi connectivity index (χ3n) is 2.85. The predicted octanol–water partition coefficient (Wildman–Crippen LogP) is 3.35. The van der Waals surface area contributed by atoms with Gasteiger partial charge in [0.25, 0.3) is 0 Å². The number of carboxylic acids is 1. The van der Waals surface area contributed by atoms with Crippen LogP contribution in [0.5, 0.6) is 0 Å². The van der Waals surface area contributed by atoms with E-state index in [2.05, 4.69) is 4.98 Å². The molecule has 8 heteroatoms. The van der Waals surface area contributed by atoms with Crippen LogP contribution in [0.2, 0.25) is 0 Å². The van der Waals surface area contributed by atoms with Crippen molar-refractivity contribution in [2.45, 2.75) is 12.7 Å². The highest BCUT2D eigenvalue weighted by Crippen LogP contribution is 2.31. The maximum absolute atomic E-state index is 12.5. The molecule has 0 saturated carbocycles. The standard InChI is InChI=1S/C14H13F3N2O2S/c1-19(7-12(20)21)6-11-8-22-13(18-11)9-2-4-10(5-3-9)14(15,16)17/h2-5,8H,6-7H2,1H3,(H,20,21). The molecule has 1 N–H and O–H groups in total. The normalized spacial score (nSPS) is 11.9. The summed E-state index contributed by atoms with van der Waals surface area (Å²) in [5, 5.41) is 11.1. The van der Waals surface area contributed by atoms with E-state index in [4.69, 9.17) is 5.11 Å². The average Bonchev–Trinajstić information content (AvgIpc) is 2.85. The van der Waals surface area contributed by atoms with Gasteiger partial charge in [0.15, 0.2) is 0 Å². The van der Waals surface area contributed by atoms with Crippen LogP contribution in [0.15, 0.2) is 29.6 Å². The van der Waals surface area contributed by atoms with Crippen molar-refractivity contribution in [3.8, 4) is 10.6 Å². The summed E-state index contributed by atoms with van der Waals surface area (Å²) < 4.78 is 37.5. The number of carboxylic acid groups (broad SMARTS) is 1. The van der Waals surface area contributed by atoms with Crippen LogP contribution < -0.4 is 0 Å². The molecule has 2 rings (SSSR count). The minimum Gasteiger partial charge on any atom is -0.480 e. The van der Waals surface area contributed by atoms with Crippen molar-refractivity contribution >= 4 is 17.3 Å². The number of halogens is 3. The van der Waals surface area contributed by atoms with Gasteiger partial charge in [0.05, 0.1) is 17.8 Å². The molecule has 22 heavy (non-hydrogen) atoms. The first-order chi connectivity index (χ1) is 10.3. The Kier molecular flexibility index (Phi) is 4.82. The summed E-state index contributed by atoms with van der Waals surface area (Å²) in [7, 11) is 1.66. The Labute approximate surface area is 128 Å². The summed E-state index contributed by atoms with van der Waals surface area (Å²) in [4.78, 5) is 16.5. The van der Waals surface area contributed by atoms with Gasteiger partial charge in [-0.05, 0) is 19.2 Å². The molecule has 1 heterocycles. The maximum Gasteiger partial charge on any atom is 0.416 e. The van der Waals surface area contributed by atoms with Crippen LogP contribution in [0.4, 0.5) is 13.2 Å². The minimum absolute atomic E-state index is 0.104. The average molecular weight is 330 g/mol. The molecular formula is C14H13F3N2O2S. The van der Waals surface area contributed by atoms with Gasteiger partial charge >= 0.3 is 12.1 Å². The van der Waals surface area contributed by atoms with Crippen molar-refractivity contribution in [3.63, 3.8) is 0 Å². The third-order valence-corrected chi connectivity index (χ3v) is 3.79. The second-order valence-electron chi connectivity index (χ2n) is 4.79. The van der Waals surface area contributed by atoms with Gasteiger partial charge in [-0.1, -0.05) is 12.1 Å². The van der Waals surface area contributed by atoms with Gasteiger partial charge in [0.1, 0.15) is 5.01 Å². The summed E-state index contributed by atoms with van der Waals surface area (Å²) in [6.45, 7) is 0.260. The molecule has 0 aliphatic rings. The molecule has 0 atom stereocenters. The molecule has 0 spiro atoms. The van der Waals surface area contributed by atoms with E-state index in [0.29, 0.717) is 22.8 Å². The Morgan fingerprint density at radius 2 is 1.95 bits per heavy atom. The van der Waals surface area contributed by atoms with Crippen LogP contribution in [0.3, 0.4) is 0 Å². The zero-order chi connectivity index (χ0) is 16.3. The van der Waals surface area contributed by atoms with Crippen molar-refractivity contribution in [2.24, 2.45) is 0 Å². The highest BCUT2D eigenvalue weighted by molar-refractivity contribution is 7.13. The monoisotopic (exact) mass is 330 g/mol. The molecule has 0 radical (unpaired) electrons. The number of rotatable bonds is 5. The van der Waals surface area contributed by atoms with E-state index in [1.807, 2.05) is 0 Å². The van der Waals surface area contributed by atoms with Gasteiger partial charge in [0.2, 0.25) is 0 Å². The fraction of sp³-hybridized carbons (Fsp3) is 0.286. The van der Waals surface area contributed by atoms with E-state index in [-0.39, 0.29) is 6.54 Å². The van der Waals surface area contributed by atoms with Gasteiger partial charge in [-0.3, -0.25) is 9.69 Å². The lowest BCUT2D eigenvalue weighted by Gasteiger charge is -2.11. The molecule has 1 aromatic heterocycles. The lowest BCUT2D eigenvalue weighted by molar-refractivity contribution is -0.138. The van der Waals surface area contributed by atoms with E-state index < -0.39 is 17.7 Å². The van der Waals surface area contributed by atoms with Crippen molar-refractivity contribution in [1.29, 1.82) is 0 Å². The van der Waals surface area contributed by atoms with E-state index in [9.17, 15) is 18.0 Å². The summed E-state index contributed by atoms with van der Waals surface area (Å²) in [5.74, 6) is -0.930. The first kappa shape index (κ1) is 16.4. The highest BCUT2D eigenvalue weighted by atomic mass is 32.1. The van der Waals surface area contributed by atoms with Crippen LogP contribution in [-0.2, 0) is 17.5 Å². The Balaban J connectivity index is 2.09. The number of aromatic nitrogens is 1. The van der Waals surface area contributed by atoms with Crippen molar-refractivity contribution in [1.82, 2.24) is 9.88 Å². The lowest BCUT2D eigenvalue weighted by atomic mass is 10.1. The largest absolute Gasteiger partial charge is 0.480 e. The van der Waals surface area contributed by atoms with Crippen LogP contribution in [0.1, 0.15) is 11.3 Å². The van der Waals surface area contributed by atoms with E-state index >= 15 is 0 Å². The van der Waals surface area contributed by atoms with Crippen molar-refractivity contribution in [2.75, 3.05) is 13.6 Å². The fourth-order valence-corrected chi connectivity index (χ4v) is 2.69. The SMILES string of the molecule is CN(CC(=O)O)Cc1csc(-c2ccc(C(F)(F)F)cc2)n1. The Morgan fingerprint density at radius 1 is 1.32 bits per heavy atom. The Morgan fingerprint density at radius 3 is 2.50 bits per heavy atom.